The van der Waals surface area contributed by atoms with Crippen LogP contribution in [0.3, 0.4) is 0 Å². The van der Waals surface area contributed by atoms with Crippen molar-refractivity contribution in [1.29, 1.82) is 0 Å². The molecular formula is C13H10Cl2O4. The Morgan fingerprint density at radius 1 is 1.37 bits per heavy atom. The molecule has 0 aliphatic carbocycles. The van der Waals surface area contributed by atoms with E-state index in [1.807, 2.05) is 0 Å². The highest BCUT2D eigenvalue weighted by Crippen LogP contribution is 2.39. The van der Waals surface area contributed by atoms with Crippen molar-refractivity contribution >= 4 is 35.0 Å². The third-order valence-electron chi connectivity index (χ3n) is 2.88. The lowest BCUT2D eigenvalue weighted by Crippen LogP contribution is -2.30. The van der Waals surface area contributed by atoms with Gasteiger partial charge >= 0.3 is 5.97 Å². The number of carbonyl (C=O) groups is 2. The van der Waals surface area contributed by atoms with Gasteiger partial charge in [-0.15, -0.1) is 0 Å². The van der Waals surface area contributed by atoms with E-state index >= 15 is 0 Å². The number of benzene rings is 1. The van der Waals surface area contributed by atoms with Gasteiger partial charge in [-0.2, -0.15) is 0 Å². The number of hydrogen-bond acceptors (Lipinski definition) is 4. The highest BCUT2D eigenvalue weighted by atomic mass is 35.5. The summed E-state index contributed by atoms with van der Waals surface area (Å²) in [7, 11) is 1.21. The van der Waals surface area contributed by atoms with Crippen LogP contribution >= 0.6 is 23.2 Å². The predicted molar refractivity (Wildman–Crippen MR) is 70.0 cm³/mol. The number of ether oxygens (including phenoxy) is 2. The van der Waals surface area contributed by atoms with Crippen molar-refractivity contribution in [3.8, 4) is 0 Å². The molecule has 1 unspecified atom stereocenters. The van der Waals surface area contributed by atoms with Crippen molar-refractivity contribution < 1.29 is 19.1 Å². The fraction of sp³-hybridized carbons (Fsp3) is 0.231. The molecule has 1 aliphatic heterocycles. The molecule has 19 heavy (non-hydrogen) atoms. The van der Waals surface area contributed by atoms with Crippen molar-refractivity contribution in [2.24, 2.45) is 0 Å². The molecule has 2 rings (SSSR count). The van der Waals surface area contributed by atoms with Crippen molar-refractivity contribution in [2.75, 3.05) is 7.11 Å². The summed E-state index contributed by atoms with van der Waals surface area (Å²) in [5, 5.41) is 0.753. The van der Waals surface area contributed by atoms with Crippen LogP contribution in [0.4, 0.5) is 0 Å². The zero-order valence-corrected chi connectivity index (χ0v) is 11.7. The molecule has 0 bridgehead atoms. The number of esters is 1. The minimum atomic E-state index is -1.37. The lowest BCUT2D eigenvalue weighted by molar-refractivity contribution is -0.144. The number of ketones is 1. The van der Waals surface area contributed by atoms with Gasteiger partial charge in [0.1, 0.15) is 0 Å². The Hall–Kier alpha value is -1.52. The Morgan fingerprint density at radius 2 is 2.05 bits per heavy atom. The number of rotatable bonds is 2. The van der Waals surface area contributed by atoms with Crippen LogP contribution in [0.25, 0.3) is 0 Å². The second kappa shape index (κ2) is 4.87. The quantitative estimate of drug-likeness (QED) is 0.788. The van der Waals surface area contributed by atoms with E-state index in [2.05, 4.69) is 4.74 Å². The van der Waals surface area contributed by atoms with E-state index in [0.717, 1.165) is 6.08 Å². The van der Waals surface area contributed by atoms with Crippen LogP contribution < -0.4 is 0 Å². The minimum absolute atomic E-state index is 0.147. The molecule has 1 heterocycles. The Morgan fingerprint density at radius 3 is 2.68 bits per heavy atom. The van der Waals surface area contributed by atoms with Crippen molar-refractivity contribution in [2.45, 2.75) is 12.5 Å². The largest absolute Gasteiger partial charge is 0.467 e. The molecule has 100 valence electrons. The molecular weight excluding hydrogens is 291 g/mol. The average molecular weight is 301 g/mol. The standard InChI is InChI=1S/C13H10Cl2O4/c1-13(8-5-7(14)3-4-9(8)15)11(16)6-10(19-13)12(17)18-2/h3-6H,1-2H3. The number of hydrogen-bond donors (Lipinski definition) is 0. The van der Waals surface area contributed by atoms with Gasteiger partial charge in [0.2, 0.25) is 11.5 Å². The molecule has 0 N–H and O–H groups in total. The monoisotopic (exact) mass is 300 g/mol. The molecule has 1 aromatic rings. The molecule has 0 saturated carbocycles. The Labute approximate surface area is 119 Å². The van der Waals surface area contributed by atoms with Crippen molar-refractivity contribution in [3.63, 3.8) is 0 Å². The van der Waals surface area contributed by atoms with Gasteiger partial charge in [-0.3, -0.25) is 4.79 Å². The van der Waals surface area contributed by atoms with E-state index in [0.29, 0.717) is 15.6 Å². The highest BCUT2D eigenvalue weighted by Gasteiger charge is 2.45. The molecule has 0 amide bonds. The zero-order chi connectivity index (χ0) is 14.2. The zero-order valence-electron chi connectivity index (χ0n) is 10.2. The fourth-order valence-electron chi connectivity index (χ4n) is 1.81. The molecule has 1 atom stereocenters. The van der Waals surface area contributed by atoms with Gasteiger partial charge in [0.25, 0.3) is 0 Å². The maximum absolute atomic E-state index is 12.1. The van der Waals surface area contributed by atoms with Crippen LogP contribution in [0.15, 0.2) is 30.0 Å². The average Bonchev–Trinajstić information content (AvgIpc) is 2.69. The van der Waals surface area contributed by atoms with Gasteiger partial charge in [-0.05, 0) is 25.1 Å². The first-order chi connectivity index (χ1) is 8.88. The second-order valence-electron chi connectivity index (χ2n) is 4.12. The van der Waals surface area contributed by atoms with Crippen LogP contribution in [0.5, 0.6) is 0 Å². The smallest absolute Gasteiger partial charge is 0.373 e. The first kappa shape index (κ1) is 13.9. The normalized spacial score (nSPS) is 21.9. The van der Waals surface area contributed by atoms with Crippen molar-refractivity contribution in [1.82, 2.24) is 0 Å². The summed E-state index contributed by atoms with van der Waals surface area (Å²) >= 11 is 12.0. The van der Waals surface area contributed by atoms with Gasteiger partial charge in [-0.25, -0.2) is 4.79 Å². The number of halogens is 2. The lowest BCUT2D eigenvalue weighted by atomic mass is 9.92. The first-order valence-corrected chi connectivity index (χ1v) is 6.13. The van der Waals surface area contributed by atoms with E-state index in [1.54, 1.807) is 12.1 Å². The second-order valence-corrected chi connectivity index (χ2v) is 4.97. The molecule has 0 radical (unpaired) electrons. The summed E-state index contributed by atoms with van der Waals surface area (Å²) in [6.07, 6.45) is 1.10. The van der Waals surface area contributed by atoms with Gasteiger partial charge in [-0.1, -0.05) is 23.2 Å². The summed E-state index contributed by atoms with van der Waals surface area (Å²) in [6.45, 7) is 1.53. The molecule has 1 aliphatic rings. The molecule has 0 saturated heterocycles. The van der Waals surface area contributed by atoms with Crippen LogP contribution in [0.2, 0.25) is 10.0 Å². The summed E-state index contributed by atoms with van der Waals surface area (Å²) in [5.41, 5.74) is -0.965. The predicted octanol–water partition coefficient (Wildman–Crippen LogP) is 2.86. The summed E-state index contributed by atoms with van der Waals surface area (Å²) < 4.78 is 9.95. The maximum atomic E-state index is 12.1. The lowest BCUT2D eigenvalue weighted by Gasteiger charge is -2.24. The highest BCUT2D eigenvalue weighted by molar-refractivity contribution is 6.34. The summed E-state index contributed by atoms with van der Waals surface area (Å²) in [4.78, 5) is 23.5. The van der Waals surface area contributed by atoms with Gasteiger partial charge in [0.15, 0.2) is 5.60 Å². The molecule has 0 spiro atoms. The SMILES string of the molecule is COC(=O)C1=CC(=O)C(C)(c2cc(Cl)ccc2Cl)O1. The van der Waals surface area contributed by atoms with Crippen molar-refractivity contribution in [3.05, 3.63) is 45.6 Å². The van der Waals surface area contributed by atoms with Crippen LogP contribution in [-0.2, 0) is 24.7 Å². The van der Waals surface area contributed by atoms with Crippen LogP contribution in [-0.4, -0.2) is 18.9 Å². The number of carbonyl (C=O) groups excluding carboxylic acids is 2. The maximum Gasteiger partial charge on any atom is 0.373 e. The van der Waals surface area contributed by atoms with Crippen LogP contribution in [0, 0.1) is 0 Å². The number of methoxy groups -OCH3 is 1. The Kier molecular flexibility index (Phi) is 3.56. The fourth-order valence-corrected chi connectivity index (χ4v) is 2.28. The third-order valence-corrected chi connectivity index (χ3v) is 3.44. The summed E-state index contributed by atoms with van der Waals surface area (Å²) in [5.74, 6) is -1.25. The van der Waals surface area contributed by atoms with E-state index in [-0.39, 0.29) is 5.76 Å². The first-order valence-electron chi connectivity index (χ1n) is 5.37. The van der Waals surface area contributed by atoms with E-state index in [4.69, 9.17) is 27.9 Å². The van der Waals surface area contributed by atoms with E-state index < -0.39 is 17.4 Å². The molecule has 4 nitrogen and oxygen atoms in total. The summed E-state index contributed by atoms with van der Waals surface area (Å²) in [6, 6.07) is 4.71. The molecule has 0 aromatic heterocycles. The Bertz CT molecular complexity index is 594. The Balaban J connectivity index is 2.44. The van der Waals surface area contributed by atoms with Gasteiger partial charge in [0, 0.05) is 21.7 Å². The third kappa shape index (κ3) is 2.33. The molecule has 0 fully saturated rings. The van der Waals surface area contributed by atoms with Crippen LogP contribution in [0.1, 0.15) is 12.5 Å². The van der Waals surface area contributed by atoms with E-state index in [9.17, 15) is 9.59 Å². The topological polar surface area (TPSA) is 52.6 Å². The molecule has 6 heteroatoms. The minimum Gasteiger partial charge on any atom is -0.467 e. The van der Waals surface area contributed by atoms with E-state index in [1.165, 1.54) is 20.1 Å². The van der Waals surface area contributed by atoms with Gasteiger partial charge < -0.3 is 9.47 Å². The molecule has 1 aromatic carbocycles. The van der Waals surface area contributed by atoms with Gasteiger partial charge in [0.05, 0.1) is 7.11 Å².